The molecule has 0 amide bonds. The number of carbonyl (C=O) groups excluding carboxylic acids is 1. The SMILES string of the molecule is CCNC(=NCCCCCCCC(=O)OCC)N(C)Cc1cccn1C.I. The number of aromatic nitrogens is 1. The van der Waals surface area contributed by atoms with Crippen molar-refractivity contribution in [2.75, 3.05) is 26.7 Å². The molecular formula is C20H37IN4O2. The van der Waals surface area contributed by atoms with E-state index in [-0.39, 0.29) is 29.9 Å². The number of aryl methyl sites for hydroxylation is 1. The number of esters is 1. The zero-order chi connectivity index (χ0) is 19.2. The lowest BCUT2D eigenvalue weighted by Crippen LogP contribution is -2.38. The maximum absolute atomic E-state index is 11.3. The largest absolute Gasteiger partial charge is 0.466 e. The predicted molar refractivity (Wildman–Crippen MR) is 123 cm³/mol. The van der Waals surface area contributed by atoms with Crippen LogP contribution in [0.2, 0.25) is 0 Å². The Kier molecular flexibility index (Phi) is 15.0. The monoisotopic (exact) mass is 492 g/mol. The molecule has 7 heteroatoms. The highest BCUT2D eigenvalue weighted by Gasteiger charge is 2.08. The zero-order valence-electron chi connectivity index (χ0n) is 17.4. The van der Waals surface area contributed by atoms with Gasteiger partial charge < -0.3 is 19.5 Å². The Hall–Kier alpha value is -1.25. The van der Waals surface area contributed by atoms with Crippen LogP contribution in [0.1, 0.15) is 58.1 Å². The summed E-state index contributed by atoms with van der Waals surface area (Å²) < 4.78 is 7.07. The van der Waals surface area contributed by atoms with Crippen LogP contribution in [0, 0.1) is 0 Å². The molecule has 0 aromatic carbocycles. The van der Waals surface area contributed by atoms with Gasteiger partial charge >= 0.3 is 5.97 Å². The predicted octanol–water partition coefficient (Wildman–Crippen LogP) is 3.94. The molecular weight excluding hydrogens is 455 g/mol. The summed E-state index contributed by atoms with van der Waals surface area (Å²) in [4.78, 5) is 18.2. The number of carbonyl (C=O) groups is 1. The lowest BCUT2D eigenvalue weighted by atomic mass is 10.1. The first-order valence-electron chi connectivity index (χ1n) is 9.83. The van der Waals surface area contributed by atoms with Gasteiger partial charge in [0, 0.05) is 45.5 Å². The van der Waals surface area contributed by atoms with Gasteiger partial charge in [0.2, 0.25) is 0 Å². The number of unbranched alkanes of at least 4 members (excludes halogenated alkanes) is 4. The molecule has 0 saturated heterocycles. The molecule has 0 radical (unpaired) electrons. The molecule has 1 heterocycles. The van der Waals surface area contributed by atoms with E-state index in [1.54, 1.807) is 0 Å². The van der Waals surface area contributed by atoms with Crippen LogP contribution in [-0.4, -0.2) is 48.1 Å². The van der Waals surface area contributed by atoms with Crippen molar-refractivity contribution >= 4 is 35.9 Å². The molecule has 1 aromatic rings. The van der Waals surface area contributed by atoms with Crippen molar-refractivity contribution in [3.05, 3.63) is 24.0 Å². The Bertz CT molecular complexity index is 546. The van der Waals surface area contributed by atoms with Gasteiger partial charge in [0.1, 0.15) is 0 Å². The molecule has 0 aliphatic heterocycles. The number of nitrogens with zero attached hydrogens (tertiary/aromatic N) is 3. The van der Waals surface area contributed by atoms with Crippen molar-refractivity contribution in [2.45, 2.75) is 58.9 Å². The first-order chi connectivity index (χ1) is 12.6. The van der Waals surface area contributed by atoms with Gasteiger partial charge in [-0.2, -0.15) is 0 Å². The Morgan fingerprint density at radius 1 is 1.22 bits per heavy atom. The van der Waals surface area contributed by atoms with Crippen molar-refractivity contribution in [1.29, 1.82) is 0 Å². The van der Waals surface area contributed by atoms with Crippen LogP contribution in [-0.2, 0) is 23.1 Å². The van der Waals surface area contributed by atoms with Gasteiger partial charge in [-0.25, -0.2) is 0 Å². The summed E-state index contributed by atoms with van der Waals surface area (Å²) in [5, 5.41) is 3.37. The minimum atomic E-state index is -0.0753. The minimum Gasteiger partial charge on any atom is -0.466 e. The molecule has 6 nitrogen and oxygen atoms in total. The van der Waals surface area contributed by atoms with Gasteiger partial charge in [0.25, 0.3) is 0 Å². The third-order valence-electron chi connectivity index (χ3n) is 4.25. The fourth-order valence-corrected chi connectivity index (χ4v) is 2.78. The Balaban J connectivity index is 0.00000676. The number of ether oxygens (including phenoxy) is 1. The van der Waals surface area contributed by atoms with E-state index < -0.39 is 0 Å². The molecule has 1 aromatic heterocycles. The summed E-state index contributed by atoms with van der Waals surface area (Å²) in [6.45, 7) is 6.95. The van der Waals surface area contributed by atoms with E-state index in [0.29, 0.717) is 13.0 Å². The van der Waals surface area contributed by atoms with E-state index >= 15 is 0 Å². The smallest absolute Gasteiger partial charge is 0.305 e. The highest BCUT2D eigenvalue weighted by Crippen LogP contribution is 2.07. The van der Waals surface area contributed by atoms with Crippen molar-refractivity contribution in [3.8, 4) is 0 Å². The number of rotatable bonds is 12. The van der Waals surface area contributed by atoms with E-state index in [1.807, 2.05) is 6.92 Å². The molecule has 0 spiro atoms. The van der Waals surface area contributed by atoms with Gasteiger partial charge in [-0.1, -0.05) is 19.3 Å². The van der Waals surface area contributed by atoms with Crippen LogP contribution in [0.5, 0.6) is 0 Å². The second-order valence-corrected chi connectivity index (χ2v) is 6.52. The second-order valence-electron chi connectivity index (χ2n) is 6.52. The van der Waals surface area contributed by atoms with Crippen molar-refractivity contribution in [2.24, 2.45) is 12.0 Å². The third-order valence-corrected chi connectivity index (χ3v) is 4.25. The maximum Gasteiger partial charge on any atom is 0.305 e. The molecule has 0 fully saturated rings. The molecule has 1 N–H and O–H groups in total. The first-order valence-corrected chi connectivity index (χ1v) is 9.83. The number of nitrogens with one attached hydrogen (secondary N) is 1. The van der Waals surface area contributed by atoms with E-state index in [9.17, 15) is 4.79 Å². The number of halogens is 1. The van der Waals surface area contributed by atoms with Gasteiger partial charge in [0.05, 0.1) is 13.2 Å². The first kappa shape index (κ1) is 25.8. The van der Waals surface area contributed by atoms with E-state index in [2.05, 4.69) is 54.1 Å². The van der Waals surface area contributed by atoms with Crippen LogP contribution in [0.25, 0.3) is 0 Å². The van der Waals surface area contributed by atoms with Gasteiger partial charge in [-0.15, -0.1) is 24.0 Å². The molecule has 27 heavy (non-hydrogen) atoms. The summed E-state index contributed by atoms with van der Waals surface area (Å²) in [5.41, 5.74) is 1.26. The Morgan fingerprint density at radius 2 is 1.93 bits per heavy atom. The lowest BCUT2D eigenvalue weighted by Gasteiger charge is -2.22. The van der Waals surface area contributed by atoms with Crippen LogP contribution in [0.4, 0.5) is 0 Å². The molecule has 0 saturated carbocycles. The molecule has 0 aliphatic rings. The van der Waals surface area contributed by atoms with E-state index in [4.69, 9.17) is 9.73 Å². The average Bonchev–Trinajstić information content (AvgIpc) is 3.01. The van der Waals surface area contributed by atoms with Crippen molar-refractivity contribution < 1.29 is 9.53 Å². The summed E-state index contributed by atoms with van der Waals surface area (Å²) >= 11 is 0. The summed E-state index contributed by atoms with van der Waals surface area (Å²) in [6.07, 6.45) is 7.97. The standard InChI is InChI=1S/C20H36N4O2.HI/c1-5-21-20(24(4)17-18-13-12-16-23(18)3)22-15-11-9-7-8-10-14-19(25)26-6-2;/h12-13,16H,5-11,14-15,17H2,1-4H3,(H,21,22);1H. The fraction of sp³-hybridized carbons (Fsp3) is 0.700. The lowest BCUT2D eigenvalue weighted by molar-refractivity contribution is -0.143. The normalized spacial score (nSPS) is 11.0. The van der Waals surface area contributed by atoms with Crippen LogP contribution in [0.3, 0.4) is 0 Å². The average molecular weight is 492 g/mol. The second kappa shape index (κ2) is 15.8. The fourth-order valence-electron chi connectivity index (χ4n) is 2.78. The molecule has 0 unspecified atom stereocenters. The Morgan fingerprint density at radius 3 is 2.56 bits per heavy atom. The quantitative estimate of drug-likeness (QED) is 0.158. The number of hydrogen-bond donors (Lipinski definition) is 1. The number of hydrogen-bond acceptors (Lipinski definition) is 3. The summed E-state index contributed by atoms with van der Waals surface area (Å²) in [6, 6.07) is 4.20. The van der Waals surface area contributed by atoms with Crippen LogP contribution < -0.4 is 5.32 Å². The Labute approximate surface area is 181 Å². The molecule has 0 atom stereocenters. The van der Waals surface area contributed by atoms with Crippen LogP contribution >= 0.6 is 24.0 Å². The van der Waals surface area contributed by atoms with Crippen molar-refractivity contribution in [3.63, 3.8) is 0 Å². The van der Waals surface area contributed by atoms with Crippen LogP contribution in [0.15, 0.2) is 23.3 Å². The topological polar surface area (TPSA) is 58.9 Å². The minimum absolute atomic E-state index is 0. The number of guanidine groups is 1. The molecule has 156 valence electrons. The molecule has 0 aliphatic carbocycles. The molecule has 0 bridgehead atoms. The van der Waals surface area contributed by atoms with Gasteiger partial charge in [0.15, 0.2) is 5.96 Å². The third kappa shape index (κ3) is 11.2. The zero-order valence-corrected chi connectivity index (χ0v) is 19.7. The molecule has 1 rings (SSSR count). The maximum atomic E-state index is 11.3. The van der Waals surface area contributed by atoms with Gasteiger partial charge in [-0.3, -0.25) is 9.79 Å². The van der Waals surface area contributed by atoms with Crippen molar-refractivity contribution in [1.82, 2.24) is 14.8 Å². The van der Waals surface area contributed by atoms with E-state index in [1.165, 1.54) is 5.69 Å². The van der Waals surface area contributed by atoms with E-state index in [0.717, 1.165) is 57.7 Å². The highest BCUT2D eigenvalue weighted by molar-refractivity contribution is 14.0. The summed E-state index contributed by atoms with van der Waals surface area (Å²) in [7, 11) is 4.14. The number of aliphatic imine (C=N–C) groups is 1. The van der Waals surface area contributed by atoms with Gasteiger partial charge in [-0.05, 0) is 38.8 Å². The summed E-state index contributed by atoms with van der Waals surface area (Å²) in [5.74, 6) is 0.879. The highest BCUT2D eigenvalue weighted by atomic mass is 127.